The van der Waals surface area contributed by atoms with Gasteiger partial charge < -0.3 is 9.30 Å². The van der Waals surface area contributed by atoms with Crippen LogP contribution in [0.2, 0.25) is 0 Å². The van der Waals surface area contributed by atoms with Gasteiger partial charge in [-0.15, -0.1) is 11.6 Å². The lowest BCUT2D eigenvalue weighted by Gasteiger charge is -2.36. The van der Waals surface area contributed by atoms with Crippen LogP contribution in [-0.4, -0.2) is 33.6 Å². The maximum Gasteiger partial charge on any atom is 0.160 e. The Balaban J connectivity index is 2.20. The summed E-state index contributed by atoms with van der Waals surface area (Å²) in [7, 11) is 0. The molecule has 1 saturated heterocycles. The second-order valence-corrected chi connectivity index (χ2v) is 6.09. The molecule has 2 aromatic heterocycles. The third-order valence-electron chi connectivity index (χ3n) is 4.25. The summed E-state index contributed by atoms with van der Waals surface area (Å²) in [5.41, 5.74) is 3.17. The van der Waals surface area contributed by atoms with Gasteiger partial charge in [-0.2, -0.15) is 0 Å². The highest BCUT2D eigenvalue weighted by Crippen LogP contribution is 2.33. The fourth-order valence-corrected chi connectivity index (χ4v) is 3.16. The third-order valence-corrected chi connectivity index (χ3v) is 4.43. The van der Waals surface area contributed by atoms with Crippen molar-refractivity contribution in [2.45, 2.75) is 38.6 Å². The van der Waals surface area contributed by atoms with Crippen LogP contribution in [0.25, 0.3) is 11.2 Å². The lowest BCUT2D eigenvalue weighted by Crippen LogP contribution is -2.38. The Hall–Kier alpha value is -1.13. The SMILES string of the molecule is Cc1ccnc2c1nc(CCCl)n2C1(C)CCOCC1. The van der Waals surface area contributed by atoms with E-state index in [9.17, 15) is 0 Å². The molecular weight excluding hydrogens is 274 g/mol. The number of hydrogen-bond donors (Lipinski definition) is 0. The molecule has 2 aromatic rings. The second kappa shape index (κ2) is 5.34. The Labute approximate surface area is 124 Å². The Morgan fingerprint density at radius 3 is 2.85 bits per heavy atom. The molecule has 0 saturated carbocycles. The molecule has 0 aliphatic carbocycles. The van der Waals surface area contributed by atoms with Crippen LogP contribution >= 0.6 is 11.6 Å². The number of fused-ring (bicyclic) bond motifs is 1. The molecule has 1 aliphatic heterocycles. The number of hydrogen-bond acceptors (Lipinski definition) is 3. The highest BCUT2D eigenvalue weighted by Gasteiger charge is 2.33. The molecule has 5 heteroatoms. The van der Waals surface area contributed by atoms with Gasteiger partial charge in [0.2, 0.25) is 0 Å². The van der Waals surface area contributed by atoms with Gasteiger partial charge in [-0.05, 0) is 38.3 Å². The van der Waals surface area contributed by atoms with E-state index < -0.39 is 0 Å². The van der Waals surface area contributed by atoms with Crippen molar-refractivity contribution in [2.24, 2.45) is 0 Å². The first-order valence-electron chi connectivity index (χ1n) is 7.13. The largest absolute Gasteiger partial charge is 0.381 e. The molecule has 1 aliphatic rings. The smallest absolute Gasteiger partial charge is 0.160 e. The molecule has 3 heterocycles. The van der Waals surface area contributed by atoms with Gasteiger partial charge in [0, 0.05) is 37.3 Å². The average Bonchev–Trinajstić information content (AvgIpc) is 2.80. The molecule has 20 heavy (non-hydrogen) atoms. The molecule has 1 fully saturated rings. The summed E-state index contributed by atoms with van der Waals surface area (Å²) < 4.78 is 7.82. The van der Waals surface area contributed by atoms with Crippen molar-refractivity contribution >= 4 is 22.8 Å². The van der Waals surface area contributed by atoms with Crippen LogP contribution in [0, 0.1) is 6.92 Å². The number of aromatic nitrogens is 3. The van der Waals surface area contributed by atoms with Crippen LogP contribution in [0.3, 0.4) is 0 Å². The topological polar surface area (TPSA) is 39.9 Å². The van der Waals surface area contributed by atoms with Gasteiger partial charge in [-0.25, -0.2) is 9.97 Å². The van der Waals surface area contributed by atoms with E-state index in [1.54, 1.807) is 0 Å². The average molecular weight is 294 g/mol. The van der Waals surface area contributed by atoms with E-state index in [1.165, 1.54) is 5.56 Å². The molecule has 3 rings (SSSR count). The van der Waals surface area contributed by atoms with Crippen LogP contribution in [-0.2, 0) is 16.7 Å². The number of ether oxygens (including phenoxy) is 1. The number of halogens is 1. The molecule has 0 aromatic carbocycles. The standard InChI is InChI=1S/C15H20ClN3O/c1-11-4-8-17-14-13(11)18-12(3-7-16)19(14)15(2)5-9-20-10-6-15/h4,8H,3,5-7,9-10H2,1-2H3. The molecule has 0 atom stereocenters. The van der Waals surface area contributed by atoms with E-state index in [2.05, 4.69) is 23.4 Å². The van der Waals surface area contributed by atoms with Gasteiger partial charge >= 0.3 is 0 Å². The van der Waals surface area contributed by atoms with E-state index in [1.807, 2.05) is 12.3 Å². The van der Waals surface area contributed by atoms with Gasteiger partial charge in [-0.1, -0.05) is 0 Å². The summed E-state index contributed by atoms with van der Waals surface area (Å²) in [4.78, 5) is 9.38. The minimum atomic E-state index is 0.0230. The number of rotatable bonds is 3. The van der Waals surface area contributed by atoms with Gasteiger partial charge in [0.15, 0.2) is 5.65 Å². The Morgan fingerprint density at radius 1 is 1.40 bits per heavy atom. The van der Waals surface area contributed by atoms with Crippen molar-refractivity contribution in [3.8, 4) is 0 Å². The molecule has 4 nitrogen and oxygen atoms in total. The van der Waals surface area contributed by atoms with Gasteiger partial charge in [0.25, 0.3) is 0 Å². The summed E-state index contributed by atoms with van der Waals surface area (Å²) in [5, 5.41) is 0. The lowest BCUT2D eigenvalue weighted by molar-refractivity contribution is 0.0299. The van der Waals surface area contributed by atoms with Crippen molar-refractivity contribution in [1.82, 2.24) is 14.5 Å². The van der Waals surface area contributed by atoms with Crippen molar-refractivity contribution in [3.63, 3.8) is 0 Å². The van der Waals surface area contributed by atoms with E-state index in [4.69, 9.17) is 21.3 Å². The maximum absolute atomic E-state index is 5.96. The first kappa shape index (κ1) is 13.8. The number of imidazole rings is 1. The van der Waals surface area contributed by atoms with Crippen LogP contribution < -0.4 is 0 Å². The Morgan fingerprint density at radius 2 is 2.15 bits per heavy atom. The predicted molar refractivity (Wildman–Crippen MR) is 80.4 cm³/mol. The number of aryl methyl sites for hydroxylation is 2. The predicted octanol–water partition coefficient (Wildman–Crippen LogP) is 3.05. The highest BCUT2D eigenvalue weighted by atomic mass is 35.5. The van der Waals surface area contributed by atoms with Gasteiger partial charge in [0.1, 0.15) is 11.3 Å². The monoisotopic (exact) mass is 293 g/mol. The third kappa shape index (κ3) is 2.21. The van der Waals surface area contributed by atoms with E-state index in [0.717, 1.165) is 49.5 Å². The van der Waals surface area contributed by atoms with E-state index >= 15 is 0 Å². The molecule has 108 valence electrons. The zero-order valence-corrected chi connectivity index (χ0v) is 12.8. The highest BCUT2D eigenvalue weighted by molar-refractivity contribution is 6.17. The first-order valence-corrected chi connectivity index (χ1v) is 7.66. The van der Waals surface area contributed by atoms with Crippen LogP contribution in [0.1, 0.15) is 31.2 Å². The molecule has 0 spiro atoms. The first-order chi connectivity index (χ1) is 9.65. The lowest BCUT2D eigenvalue weighted by atomic mass is 9.91. The minimum Gasteiger partial charge on any atom is -0.381 e. The van der Waals surface area contributed by atoms with Gasteiger partial charge in [0.05, 0.1) is 0 Å². The minimum absolute atomic E-state index is 0.0230. The fraction of sp³-hybridized carbons (Fsp3) is 0.600. The quantitative estimate of drug-likeness (QED) is 0.817. The van der Waals surface area contributed by atoms with Gasteiger partial charge in [-0.3, -0.25) is 0 Å². The zero-order chi connectivity index (χ0) is 14.2. The van der Waals surface area contributed by atoms with Crippen molar-refractivity contribution in [2.75, 3.05) is 19.1 Å². The van der Waals surface area contributed by atoms with Crippen molar-refractivity contribution in [3.05, 3.63) is 23.7 Å². The number of nitrogens with zero attached hydrogens (tertiary/aromatic N) is 3. The van der Waals surface area contributed by atoms with Crippen molar-refractivity contribution < 1.29 is 4.74 Å². The summed E-state index contributed by atoms with van der Waals surface area (Å²) in [6, 6.07) is 2.01. The molecule has 0 radical (unpaired) electrons. The normalized spacial score (nSPS) is 18.6. The van der Waals surface area contributed by atoms with Crippen LogP contribution in [0.5, 0.6) is 0 Å². The molecule has 0 unspecified atom stereocenters. The van der Waals surface area contributed by atoms with E-state index in [-0.39, 0.29) is 5.54 Å². The fourth-order valence-electron chi connectivity index (χ4n) is 2.99. The Kier molecular flexibility index (Phi) is 3.69. The molecule has 0 N–H and O–H groups in total. The van der Waals surface area contributed by atoms with Crippen LogP contribution in [0.4, 0.5) is 0 Å². The Bertz CT molecular complexity index is 617. The summed E-state index contributed by atoms with van der Waals surface area (Å²) >= 11 is 5.96. The summed E-state index contributed by atoms with van der Waals surface area (Å²) in [5.74, 6) is 1.62. The van der Waals surface area contributed by atoms with Crippen LogP contribution in [0.15, 0.2) is 12.3 Å². The summed E-state index contributed by atoms with van der Waals surface area (Å²) in [6.45, 7) is 5.95. The molecule has 0 amide bonds. The summed E-state index contributed by atoms with van der Waals surface area (Å²) in [6.07, 6.45) is 4.61. The molecule has 0 bridgehead atoms. The van der Waals surface area contributed by atoms with Crippen molar-refractivity contribution in [1.29, 1.82) is 0 Å². The number of pyridine rings is 1. The second-order valence-electron chi connectivity index (χ2n) is 5.71. The van der Waals surface area contributed by atoms with E-state index in [0.29, 0.717) is 5.88 Å². The zero-order valence-electron chi connectivity index (χ0n) is 12.0. The number of alkyl halides is 1. The maximum atomic E-state index is 5.96. The molecular formula is C15H20ClN3O.